The number of carbonyl (C=O) groups is 1. The largest absolute Gasteiger partial charge is 0.351 e. The highest BCUT2D eigenvalue weighted by atomic mass is 16.5. The Labute approximate surface area is 70.2 Å². The molecule has 12 heavy (non-hydrogen) atoms. The van der Waals surface area contributed by atoms with Crippen molar-refractivity contribution in [3.8, 4) is 0 Å². The van der Waals surface area contributed by atoms with Gasteiger partial charge in [0.2, 0.25) is 5.76 Å². The summed E-state index contributed by atoms with van der Waals surface area (Å²) in [5.41, 5.74) is 0.693. The molecule has 1 N–H and O–H groups in total. The second-order valence-corrected chi connectivity index (χ2v) is 2.33. The Hall–Kier alpha value is -1.58. The summed E-state index contributed by atoms with van der Waals surface area (Å²) in [6.07, 6.45) is 1.60. The molecule has 4 nitrogen and oxygen atoms in total. The Morgan fingerprint density at radius 1 is 1.92 bits per heavy atom. The molecule has 4 heteroatoms. The van der Waals surface area contributed by atoms with Crippen molar-refractivity contribution in [3.05, 3.63) is 30.2 Å². The van der Waals surface area contributed by atoms with Crippen LogP contribution in [0.5, 0.6) is 0 Å². The summed E-state index contributed by atoms with van der Waals surface area (Å²) >= 11 is 0. The molecule has 0 saturated heterocycles. The van der Waals surface area contributed by atoms with Gasteiger partial charge in [-0.2, -0.15) is 0 Å². The molecular formula is C8H10N2O2. The summed E-state index contributed by atoms with van der Waals surface area (Å²) < 4.78 is 4.73. The van der Waals surface area contributed by atoms with Gasteiger partial charge in [-0.1, -0.05) is 11.2 Å². The average Bonchev–Trinajstić information content (AvgIpc) is 2.47. The minimum atomic E-state index is -0.268. The van der Waals surface area contributed by atoms with Crippen LogP contribution in [0.4, 0.5) is 0 Å². The fourth-order valence-electron chi connectivity index (χ4n) is 0.723. The average molecular weight is 166 g/mol. The number of rotatable bonds is 3. The molecule has 64 valence electrons. The van der Waals surface area contributed by atoms with Gasteiger partial charge in [0.05, 0.1) is 5.69 Å². The van der Waals surface area contributed by atoms with E-state index in [0.717, 1.165) is 0 Å². The first-order chi connectivity index (χ1) is 5.74. The molecule has 0 bridgehead atoms. The summed E-state index contributed by atoms with van der Waals surface area (Å²) in [5.74, 6) is -0.0372. The van der Waals surface area contributed by atoms with Gasteiger partial charge in [-0.05, 0) is 6.92 Å². The lowest BCUT2D eigenvalue weighted by Gasteiger charge is -1.95. The van der Waals surface area contributed by atoms with Crippen LogP contribution in [0, 0.1) is 6.92 Å². The van der Waals surface area contributed by atoms with Crippen molar-refractivity contribution in [2.45, 2.75) is 6.92 Å². The molecule has 0 radical (unpaired) electrons. The fraction of sp³-hybridized carbons (Fsp3) is 0.250. The highest BCUT2D eigenvalue weighted by molar-refractivity contribution is 5.91. The molecule has 1 rings (SSSR count). The Morgan fingerprint density at radius 3 is 3.17 bits per heavy atom. The number of amides is 1. The lowest BCUT2D eigenvalue weighted by atomic mass is 10.3. The van der Waals surface area contributed by atoms with Gasteiger partial charge in [-0.25, -0.2) is 0 Å². The van der Waals surface area contributed by atoms with Crippen LogP contribution in [0.1, 0.15) is 16.2 Å². The number of carbonyl (C=O) groups excluding carboxylic acids is 1. The van der Waals surface area contributed by atoms with Crippen LogP contribution in [0.25, 0.3) is 0 Å². The number of hydrogen-bond acceptors (Lipinski definition) is 3. The Kier molecular flexibility index (Phi) is 2.63. The molecule has 1 aromatic heterocycles. The molecule has 0 aliphatic carbocycles. The van der Waals surface area contributed by atoms with E-state index in [1.807, 2.05) is 0 Å². The number of aryl methyl sites for hydroxylation is 1. The van der Waals surface area contributed by atoms with Gasteiger partial charge >= 0.3 is 0 Å². The second-order valence-electron chi connectivity index (χ2n) is 2.33. The summed E-state index contributed by atoms with van der Waals surface area (Å²) in [6.45, 7) is 5.66. The van der Waals surface area contributed by atoms with Crippen molar-refractivity contribution in [3.63, 3.8) is 0 Å². The zero-order valence-corrected chi connectivity index (χ0v) is 6.83. The first kappa shape index (κ1) is 8.52. The molecular weight excluding hydrogens is 156 g/mol. The number of nitrogens with one attached hydrogen (secondary N) is 1. The minimum Gasteiger partial charge on any atom is -0.351 e. The molecule has 0 atom stereocenters. The highest BCUT2D eigenvalue weighted by Crippen LogP contribution is 2.00. The third kappa shape index (κ3) is 1.95. The highest BCUT2D eigenvalue weighted by Gasteiger charge is 2.09. The number of hydrogen-bond donors (Lipinski definition) is 1. The van der Waals surface area contributed by atoms with Gasteiger partial charge in [0.1, 0.15) is 0 Å². The monoisotopic (exact) mass is 166 g/mol. The maximum absolute atomic E-state index is 11.1. The summed E-state index contributed by atoms with van der Waals surface area (Å²) in [4.78, 5) is 11.1. The van der Waals surface area contributed by atoms with Crippen LogP contribution in [0.2, 0.25) is 0 Å². The maximum atomic E-state index is 11.1. The standard InChI is InChI=1S/C8H10N2O2/c1-3-4-9-8(11)7-5-6(2)10-12-7/h3,5H,1,4H2,2H3,(H,9,11). The first-order valence-electron chi connectivity index (χ1n) is 3.56. The van der Waals surface area contributed by atoms with Crippen molar-refractivity contribution < 1.29 is 9.32 Å². The molecule has 0 saturated carbocycles. The van der Waals surface area contributed by atoms with Crippen LogP contribution in [-0.2, 0) is 0 Å². The van der Waals surface area contributed by atoms with Crippen LogP contribution < -0.4 is 5.32 Å². The molecule has 0 spiro atoms. The van der Waals surface area contributed by atoms with Crippen molar-refractivity contribution in [2.75, 3.05) is 6.54 Å². The van der Waals surface area contributed by atoms with Crippen molar-refractivity contribution >= 4 is 5.91 Å². The lowest BCUT2D eigenvalue weighted by Crippen LogP contribution is -2.22. The van der Waals surface area contributed by atoms with Crippen LogP contribution >= 0.6 is 0 Å². The molecule has 0 aromatic carbocycles. The van der Waals surface area contributed by atoms with Crippen molar-refractivity contribution in [2.24, 2.45) is 0 Å². The Balaban J connectivity index is 2.59. The van der Waals surface area contributed by atoms with Crippen molar-refractivity contribution in [1.29, 1.82) is 0 Å². The fourth-order valence-corrected chi connectivity index (χ4v) is 0.723. The zero-order valence-electron chi connectivity index (χ0n) is 6.83. The molecule has 0 aliphatic heterocycles. The molecule has 0 fully saturated rings. The van der Waals surface area contributed by atoms with Gasteiger partial charge < -0.3 is 9.84 Å². The van der Waals surface area contributed by atoms with E-state index in [9.17, 15) is 4.79 Å². The zero-order chi connectivity index (χ0) is 8.97. The second kappa shape index (κ2) is 3.71. The van der Waals surface area contributed by atoms with Gasteiger partial charge in [0.15, 0.2) is 0 Å². The van der Waals surface area contributed by atoms with E-state index in [4.69, 9.17) is 4.52 Å². The normalized spacial score (nSPS) is 9.42. The summed E-state index contributed by atoms with van der Waals surface area (Å²) in [6, 6.07) is 1.58. The van der Waals surface area contributed by atoms with Crippen molar-refractivity contribution in [1.82, 2.24) is 10.5 Å². The topological polar surface area (TPSA) is 55.1 Å². The number of aromatic nitrogens is 1. The SMILES string of the molecule is C=CCNC(=O)c1cc(C)no1. The van der Waals surface area contributed by atoms with Crippen LogP contribution in [-0.4, -0.2) is 17.6 Å². The predicted octanol–water partition coefficient (Wildman–Crippen LogP) is 0.899. The molecule has 1 heterocycles. The van der Waals surface area contributed by atoms with E-state index in [2.05, 4.69) is 17.1 Å². The Morgan fingerprint density at radius 2 is 2.67 bits per heavy atom. The minimum absolute atomic E-state index is 0.231. The quantitative estimate of drug-likeness (QED) is 0.678. The third-order valence-corrected chi connectivity index (χ3v) is 1.26. The smallest absolute Gasteiger partial charge is 0.290 e. The van der Waals surface area contributed by atoms with E-state index < -0.39 is 0 Å². The molecule has 0 aliphatic rings. The van der Waals surface area contributed by atoms with E-state index in [1.165, 1.54) is 0 Å². The van der Waals surface area contributed by atoms with Gasteiger partial charge in [-0.15, -0.1) is 6.58 Å². The Bertz CT molecular complexity index is 291. The number of nitrogens with zero attached hydrogens (tertiary/aromatic N) is 1. The van der Waals surface area contributed by atoms with E-state index in [1.54, 1.807) is 19.1 Å². The van der Waals surface area contributed by atoms with Gasteiger partial charge in [0.25, 0.3) is 5.91 Å². The van der Waals surface area contributed by atoms with Gasteiger partial charge in [0, 0.05) is 12.6 Å². The van der Waals surface area contributed by atoms with Crippen LogP contribution in [0.3, 0.4) is 0 Å². The first-order valence-corrected chi connectivity index (χ1v) is 3.56. The van der Waals surface area contributed by atoms with Gasteiger partial charge in [-0.3, -0.25) is 4.79 Å². The summed E-state index contributed by atoms with van der Waals surface area (Å²) in [7, 11) is 0. The summed E-state index contributed by atoms with van der Waals surface area (Å²) in [5, 5.41) is 6.16. The predicted molar refractivity (Wildman–Crippen MR) is 43.8 cm³/mol. The molecule has 1 amide bonds. The van der Waals surface area contributed by atoms with E-state index in [0.29, 0.717) is 12.2 Å². The van der Waals surface area contributed by atoms with E-state index >= 15 is 0 Å². The molecule has 1 aromatic rings. The van der Waals surface area contributed by atoms with Crippen LogP contribution in [0.15, 0.2) is 23.2 Å². The maximum Gasteiger partial charge on any atom is 0.290 e. The lowest BCUT2D eigenvalue weighted by molar-refractivity contribution is 0.0921. The molecule has 0 unspecified atom stereocenters. The van der Waals surface area contributed by atoms with E-state index in [-0.39, 0.29) is 11.7 Å². The third-order valence-electron chi connectivity index (χ3n) is 1.26.